The minimum Gasteiger partial charge on any atom is -0.395 e. The van der Waals surface area contributed by atoms with E-state index in [-0.39, 0.29) is 12.6 Å². The molecule has 1 unspecified atom stereocenters. The van der Waals surface area contributed by atoms with Crippen LogP contribution < -0.4 is 5.32 Å². The molecule has 0 aliphatic carbocycles. The summed E-state index contributed by atoms with van der Waals surface area (Å²) in [6.07, 6.45) is 0.762. The molecule has 0 spiro atoms. The second kappa shape index (κ2) is 6.33. The largest absolute Gasteiger partial charge is 0.395 e. The standard InChI is InChI=1S/C11H15Cl2NO/c1-8(14-5-6-15)7-9-10(12)3-2-4-11(9)13/h2-4,8,14-15H,5-7H2,1H3. The predicted octanol–water partition coefficient (Wildman–Crippen LogP) is 2.51. The normalized spacial score (nSPS) is 12.8. The van der Waals surface area contributed by atoms with E-state index in [0.717, 1.165) is 12.0 Å². The second-order valence-corrected chi connectivity index (χ2v) is 4.30. The van der Waals surface area contributed by atoms with Gasteiger partial charge in [-0.15, -0.1) is 0 Å². The molecule has 4 heteroatoms. The van der Waals surface area contributed by atoms with Crippen molar-refractivity contribution in [2.75, 3.05) is 13.2 Å². The minimum absolute atomic E-state index is 0.139. The van der Waals surface area contributed by atoms with E-state index in [4.69, 9.17) is 28.3 Å². The molecule has 0 saturated carbocycles. The Hall–Kier alpha value is -0.280. The van der Waals surface area contributed by atoms with E-state index in [2.05, 4.69) is 5.32 Å². The third kappa shape index (κ3) is 3.99. The molecule has 1 aromatic rings. The lowest BCUT2D eigenvalue weighted by molar-refractivity contribution is 0.285. The maximum atomic E-state index is 8.68. The molecule has 0 aliphatic rings. The van der Waals surface area contributed by atoms with Gasteiger partial charge in [0.2, 0.25) is 0 Å². The maximum absolute atomic E-state index is 8.68. The molecule has 0 aromatic heterocycles. The quantitative estimate of drug-likeness (QED) is 0.839. The van der Waals surface area contributed by atoms with Crippen LogP contribution in [0.4, 0.5) is 0 Å². The number of hydrogen-bond acceptors (Lipinski definition) is 2. The van der Waals surface area contributed by atoms with Crippen molar-refractivity contribution in [2.45, 2.75) is 19.4 Å². The lowest BCUT2D eigenvalue weighted by Gasteiger charge is -2.14. The van der Waals surface area contributed by atoms with Crippen LogP contribution in [0, 0.1) is 0 Å². The summed E-state index contributed by atoms with van der Waals surface area (Å²) < 4.78 is 0. The molecule has 0 amide bonds. The zero-order valence-electron chi connectivity index (χ0n) is 8.63. The van der Waals surface area contributed by atoms with E-state index in [1.54, 1.807) is 0 Å². The first-order valence-electron chi connectivity index (χ1n) is 4.92. The van der Waals surface area contributed by atoms with Gasteiger partial charge in [0.05, 0.1) is 6.61 Å². The fraction of sp³-hybridized carbons (Fsp3) is 0.455. The number of benzene rings is 1. The van der Waals surface area contributed by atoms with Crippen LogP contribution in [0.3, 0.4) is 0 Å². The lowest BCUT2D eigenvalue weighted by atomic mass is 10.1. The van der Waals surface area contributed by atoms with Crippen LogP contribution in [-0.4, -0.2) is 24.3 Å². The van der Waals surface area contributed by atoms with Crippen molar-refractivity contribution < 1.29 is 5.11 Å². The Bertz CT molecular complexity index is 297. The van der Waals surface area contributed by atoms with Crippen molar-refractivity contribution in [2.24, 2.45) is 0 Å². The molecule has 2 N–H and O–H groups in total. The summed E-state index contributed by atoms with van der Waals surface area (Å²) in [4.78, 5) is 0. The molecule has 0 heterocycles. The van der Waals surface area contributed by atoms with Crippen molar-refractivity contribution in [3.63, 3.8) is 0 Å². The van der Waals surface area contributed by atoms with Crippen molar-refractivity contribution >= 4 is 23.2 Å². The van der Waals surface area contributed by atoms with Gasteiger partial charge in [-0.05, 0) is 31.0 Å². The van der Waals surface area contributed by atoms with Crippen LogP contribution in [0.5, 0.6) is 0 Å². The van der Waals surface area contributed by atoms with Crippen molar-refractivity contribution in [3.8, 4) is 0 Å². The zero-order valence-corrected chi connectivity index (χ0v) is 10.1. The number of rotatable bonds is 5. The van der Waals surface area contributed by atoms with Gasteiger partial charge in [-0.25, -0.2) is 0 Å². The Kier molecular flexibility index (Phi) is 5.40. The van der Waals surface area contributed by atoms with Gasteiger partial charge in [-0.3, -0.25) is 0 Å². The van der Waals surface area contributed by atoms with Crippen molar-refractivity contribution in [1.29, 1.82) is 0 Å². The van der Waals surface area contributed by atoms with E-state index in [1.807, 2.05) is 25.1 Å². The maximum Gasteiger partial charge on any atom is 0.0556 e. The average Bonchev–Trinajstić information content (AvgIpc) is 2.21. The Balaban J connectivity index is 2.63. The first-order chi connectivity index (χ1) is 7.15. The smallest absolute Gasteiger partial charge is 0.0556 e. The Morgan fingerprint density at radius 1 is 1.33 bits per heavy atom. The zero-order chi connectivity index (χ0) is 11.3. The van der Waals surface area contributed by atoms with Crippen LogP contribution >= 0.6 is 23.2 Å². The fourth-order valence-electron chi connectivity index (χ4n) is 1.42. The molecule has 0 radical (unpaired) electrons. The highest BCUT2D eigenvalue weighted by molar-refractivity contribution is 6.35. The number of hydrogen-bond donors (Lipinski definition) is 2. The van der Waals surface area contributed by atoms with Crippen molar-refractivity contribution in [3.05, 3.63) is 33.8 Å². The molecular formula is C11H15Cl2NO. The molecule has 1 rings (SSSR count). The van der Waals surface area contributed by atoms with Gasteiger partial charge in [-0.1, -0.05) is 29.3 Å². The van der Waals surface area contributed by atoms with Gasteiger partial charge in [0.25, 0.3) is 0 Å². The lowest BCUT2D eigenvalue weighted by Crippen LogP contribution is -2.30. The molecule has 84 valence electrons. The molecule has 0 bridgehead atoms. The summed E-state index contributed by atoms with van der Waals surface area (Å²) in [5.41, 5.74) is 0.957. The SMILES string of the molecule is CC(Cc1c(Cl)cccc1Cl)NCCO. The van der Waals surface area contributed by atoms with Gasteiger partial charge in [-0.2, -0.15) is 0 Å². The molecule has 15 heavy (non-hydrogen) atoms. The number of aliphatic hydroxyl groups is 1. The number of aliphatic hydroxyl groups excluding tert-OH is 1. The van der Waals surface area contributed by atoms with E-state index < -0.39 is 0 Å². The highest BCUT2D eigenvalue weighted by atomic mass is 35.5. The Morgan fingerprint density at radius 3 is 2.47 bits per heavy atom. The molecule has 1 atom stereocenters. The summed E-state index contributed by atoms with van der Waals surface area (Å²) in [5.74, 6) is 0. The van der Waals surface area contributed by atoms with E-state index in [9.17, 15) is 0 Å². The van der Waals surface area contributed by atoms with Crippen LogP contribution in [-0.2, 0) is 6.42 Å². The van der Waals surface area contributed by atoms with E-state index >= 15 is 0 Å². The Morgan fingerprint density at radius 2 is 1.93 bits per heavy atom. The summed E-state index contributed by atoms with van der Waals surface area (Å²) in [6.45, 7) is 2.76. The highest BCUT2D eigenvalue weighted by Crippen LogP contribution is 2.25. The second-order valence-electron chi connectivity index (χ2n) is 3.48. The van der Waals surface area contributed by atoms with Gasteiger partial charge < -0.3 is 10.4 Å². The summed E-state index contributed by atoms with van der Waals surface area (Å²) in [6, 6.07) is 5.75. The third-order valence-electron chi connectivity index (χ3n) is 2.18. The number of halogens is 2. The highest BCUT2D eigenvalue weighted by Gasteiger charge is 2.09. The van der Waals surface area contributed by atoms with Gasteiger partial charge in [0, 0.05) is 22.6 Å². The van der Waals surface area contributed by atoms with Gasteiger partial charge in [0.1, 0.15) is 0 Å². The Labute approximate surface area is 100 Å². The average molecular weight is 248 g/mol. The predicted molar refractivity (Wildman–Crippen MR) is 64.7 cm³/mol. The summed E-state index contributed by atoms with van der Waals surface area (Å²) in [5, 5.41) is 13.2. The summed E-state index contributed by atoms with van der Waals surface area (Å²) >= 11 is 12.1. The molecule has 1 aromatic carbocycles. The van der Waals surface area contributed by atoms with Crippen molar-refractivity contribution in [1.82, 2.24) is 5.32 Å². The van der Waals surface area contributed by atoms with Crippen LogP contribution in [0.1, 0.15) is 12.5 Å². The summed E-state index contributed by atoms with van der Waals surface area (Å²) in [7, 11) is 0. The van der Waals surface area contributed by atoms with Crippen LogP contribution in [0.15, 0.2) is 18.2 Å². The molecule has 0 saturated heterocycles. The molecule has 2 nitrogen and oxygen atoms in total. The van der Waals surface area contributed by atoms with E-state index in [1.165, 1.54) is 0 Å². The molecule has 0 aliphatic heterocycles. The van der Waals surface area contributed by atoms with Crippen LogP contribution in [0.25, 0.3) is 0 Å². The third-order valence-corrected chi connectivity index (χ3v) is 2.88. The number of nitrogens with one attached hydrogen (secondary N) is 1. The fourth-order valence-corrected chi connectivity index (χ4v) is 1.97. The monoisotopic (exact) mass is 247 g/mol. The molecular weight excluding hydrogens is 233 g/mol. The van der Waals surface area contributed by atoms with Crippen LogP contribution in [0.2, 0.25) is 10.0 Å². The molecule has 0 fully saturated rings. The van der Waals surface area contributed by atoms with E-state index in [0.29, 0.717) is 16.6 Å². The van der Waals surface area contributed by atoms with Gasteiger partial charge in [0.15, 0.2) is 0 Å². The topological polar surface area (TPSA) is 32.3 Å². The first kappa shape index (κ1) is 12.8. The minimum atomic E-state index is 0.139. The van der Waals surface area contributed by atoms with Gasteiger partial charge >= 0.3 is 0 Å². The first-order valence-corrected chi connectivity index (χ1v) is 5.68.